The largest absolute Gasteiger partial charge is 0.755 e. The molecule has 9 nitrogen and oxygen atoms in total. The van der Waals surface area contributed by atoms with Crippen LogP contribution in [0.1, 0.15) is 5.82 Å². The Balaban J connectivity index is 1.64. The number of nitrogens with one attached hydrogen (secondary N) is 1. The highest BCUT2D eigenvalue weighted by atomic mass is 32.2. The lowest BCUT2D eigenvalue weighted by molar-refractivity contribution is -0.144. The molecule has 1 aliphatic rings. The van der Waals surface area contributed by atoms with Crippen LogP contribution in [0.4, 0.5) is 40.6 Å². The molecule has 1 unspecified atom stereocenters. The number of nitrogens with zero attached hydrogens (tertiary/aromatic N) is 5. The van der Waals surface area contributed by atoms with E-state index < -0.39 is 29.1 Å². The minimum atomic E-state index is -4.86. The Kier molecular flexibility index (Phi) is 7.54. The van der Waals surface area contributed by atoms with Crippen LogP contribution in [0.2, 0.25) is 0 Å². The SMILES string of the molecule is Nc1ccc(N2CCN(c3nc(C(F)(F)F)nc(-c4ccc(F)cc4)c3-c3cccc(NS(=O)[O-])c3)CC2)nc1. The molecule has 0 radical (unpaired) electrons. The van der Waals surface area contributed by atoms with Gasteiger partial charge in [0.2, 0.25) is 5.82 Å². The summed E-state index contributed by atoms with van der Waals surface area (Å²) in [6.45, 7) is 1.48. The normalized spacial score (nSPS) is 14.7. The molecule has 14 heteroatoms. The first-order valence-electron chi connectivity index (χ1n) is 12.0. The summed E-state index contributed by atoms with van der Waals surface area (Å²) in [6, 6.07) is 14.6. The molecule has 208 valence electrons. The summed E-state index contributed by atoms with van der Waals surface area (Å²) in [5, 5.41) is 0. The van der Waals surface area contributed by atoms with Crippen molar-refractivity contribution < 1.29 is 26.3 Å². The molecule has 0 amide bonds. The predicted molar refractivity (Wildman–Crippen MR) is 143 cm³/mol. The molecule has 3 N–H and O–H groups in total. The average Bonchev–Trinajstić information content (AvgIpc) is 2.93. The number of halogens is 4. The summed E-state index contributed by atoms with van der Waals surface area (Å²) in [6.07, 6.45) is -3.33. The maximum atomic E-state index is 14.0. The van der Waals surface area contributed by atoms with E-state index in [0.717, 1.165) is 12.1 Å². The zero-order valence-corrected chi connectivity index (χ0v) is 21.5. The lowest BCUT2D eigenvalue weighted by Gasteiger charge is -2.37. The molecule has 5 rings (SSSR count). The molecule has 2 aromatic carbocycles. The third-order valence-electron chi connectivity index (χ3n) is 6.29. The number of anilines is 4. The summed E-state index contributed by atoms with van der Waals surface area (Å²) in [7, 11) is 0. The Labute approximate surface area is 229 Å². The molecule has 0 aliphatic carbocycles. The highest BCUT2D eigenvalue weighted by molar-refractivity contribution is 7.80. The van der Waals surface area contributed by atoms with Crippen LogP contribution in [-0.4, -0.2) is 49.9 Å². The van der Waals surface area contributed by atoms with E-state index in [4.69, 9.17) is 5.73 Å². The molecule has 2 aromatic heterocycles. The number of nitrogens with two attached hydrogens (primary N) is 1. The maximum Gasteiger partial charge on any atom is 0.451 e. The molecule has 0 bridgehead atoms. The highest BCUT2D eigenvalue weighted by Gasteiger charge is 2.38. The van der Waals surface area contributed by atoms with Crippen LogP contribution in [0.3, 0.4) is 0 Å². The van der Waals surface area contributed by atoms with Gasteiger partial charge in [-0.3, -0.25) is 4.21 Å². The molecule has 3 heterocycles. The van der Waals surface area contributed by atoms with Gasteiger partial charge < -0.3 is 24.8 Å². The van der Waals surface area contributed by atoms with E-state index >= 15 is 0 Å². The van der Waals surface area contributed by atoms with Crippen LogP contribution >= 0.6 is 0 Å². The van der Waals surface area contributed by atoms with Gasteiger partial charge in [-0.05, 0) is 54.1 Å². The number of piperazine rings is 1. The first-order valence-corrected chi connectivity index (χ1v) is 13.1. The molecule has 0 spiro atoms. The quantitative estimate of drug-likeness (QED) is 0.256. The van der Waals surface area contributed by atoms with E-state index in [-0.39, 0.29) is 28.3 Å². The second-order valence-corrected chi connectivity index (χ2v) is 9.61. The van der Waals surface area contributed by atoms with Crippen molar-refractivity contribution in [2.45, 2.75) is 6.18 Å². The van der Waals surface area contributed by atoms with E-state index in [9.17, 15) is 26.3 Å². The molecule has 1 atom stereocenters. The first kappa shape index (κ1) is 27.3. The second-order valence-electron chi connectivity index (χ2n) is 8.94. The number of nitrogen functional groups attached to an aromatic ring is 1. The van der Waals surface area contributed by atoms with Crippen LogP contribution in [-0.2, 0) is 17.4 Å². The summed E-state index contributed by atoms with van der Waals surface area (Å²) < 4.78 is 80.6. The third-order valence-corrected chi connectivity index (χ3v) is 6.69. The fraction of sp³-hybridized carbons (Fsp3) is 0.192. The van der Waals surface area contributed by atoms with Crippen molar-refractivity contribution in [2.75, 3.05) is 46.4 Å². The van der Waals surface area contributed by atoms with Gasteiger partial charge in [0.1, 0.15) is 17.5 Å². The van der Waals surface area contributed by atoms with Crippen LogP contribution in [0.15, 0.2) is 66.9 Å². The van der Waals surface area contributed by atoms with E-state index in [0.29, 0.717) is 43.2 Å². The number of benzene rings is 2. The molecule has 1 aliphatic heterocycles. The zero-order valence-electron chi connectivity index (χ0n) is 20.7. The average molecular weight is 573 g/mol. The molecular weight excluding hydrogens is 550 g/mol. The van der Waals surface area contributed by atoms with Crippen molar-refractivity contribution in [2.24, 2.45) is 0 Å². The molecule has 1 fully saturated rings. The second kappa shape index (κ2) is 11.1. The number of aromatic nitrogens is 3. The number of rotatable bonds is 6. The van der Waals surface area contributed by atoms with E-state index in [1.54, 1.807) is 29.2 Å². The van der Waals surface area contributed by atoms with Gasteiger partial charge in [-0.1, -0.05) is 12.1 Å². The van der Waals surface area contributed by atoms with Crippen molar-refractivity contribution in [3.05, 3.63) is 78.5 Å². The van der Waals surface area contributed by atoms with Gasteiger partial charge in [-0.15, -0.1) is 0 Å². The van der Waals surface area contributed by atoms with Crippen molar-refractivity contribution in [3.8, 4) is 22.4 Å². The van der Waals surface area contributed by atoms with Crippen LogP contribution < -0.4 is 20.3 Å². The van der Waals surface area contributed by atoms with E-state index in [1.165, 1.54) is 30.5 Å². The fourth-order valence-corrected chi connectivity index (χ4v) is 4.77. The smallest absolute Gasteiger partial charge is 0.451 e. The lowest BCUT2D eigenvalue weighted by Crippen LogP contribution is -2.47. The number of hydrogen-bond donors (Lipinski definition) is 2. The molecule has 0 saturated carbocycles. The maximum absolute atomic E-state index is 14.0. The Morgan fingerprint density at radius 2 is 1.62 bits per heavy atom. The Bertz CT molecular complexity index is 1530. The van der Waals surface area contributed by atoms with Crippen LogP contribution in [0.5, 0.6) is 0 Å². The van der Waals surface area contributed by atoms with Gasteiger partial charge in [-0.2, -0.15) is 13.2 Å². The number of alkyl halides is 3. The summed E-state index contributed by atoms with van der Waals surface area (Å²) >= 11 is -2.63. The van der Waals surface area contributed by atoms with Gasteiger partial charge in [0.15, 0.2) is 0 Å². The van der Waals surface area contributed by atoms with E-state index in [2.05, 4.69) is 19.7 Å². The van der Waals surface area contributed by atoms with Gasteiger partial charge in [0.05, 0.1) is 23.1 Å². The molecule has 1 saturated heterocycles. The molecule has 4 aromatic rings. The van der Waals surface area contributed by atoms with Crippen LogP contribution in [0.25, 0.3) is 22.4 Å². The fourth-order valence-electron chi connectivity index (χ4n) is 4.45. The lowest BCUT2D eigenvalue weighted by atomic mass is 9.98. The summed E-state index contributed by atoms with van der Waals surface area (Å²) in [5.74, 6) is -1.20. The minimum Gasteiger partial charge on any atom is -0.755 e. The van der Waals surface area contributed by atoms with Gasteiger partial charge >= 0.3 is 6.18 Å². The van der Waals surface area contributed by atoms with Gasteiger partial charge in [-0.25, -0.2) is 19.3 Å². The minimum absolute atomic E-state index is 0.0203. The Hall–Kier alpha value is -4.30. The third kappa shape index (κ3) is 5.97. The van der Waals surface area contributed by atoms with Crippen molar-refractivity contribution in [1.82, 2.24) is 15.0 Å². The standard InChI is InChI=1S/C26H23F4N7O2S/c27-18-6-4-16(5-7-18)23-22(17-2-1-3-20(14-17)35-40(38)39)24(34-25(33-23)26(28,29)30)37-12-10-36(11-13-37)21-9-8-19(31)15-32-21/h1-9,14-15,35H,10-13,31H2,(H,38,39)/p-1. The summed E-state index contributed by atoms with van der Waals surface area (Å²) in [4.78, 5) is 15.9. The molecule has 40 heavy (non-hydrogen) atoms. The number of hydrogen-bond acceptors (Lipinski definition) is 8. The van der Waals surface area contributed by atoms with Crippen molar-refractivity contribution in [1.29, 1.82) is 0 Å². The van der Waals surface area contributed by atoms with Gasteiger partial charge in [0.25, 0.3) is 0 Å². The highest BCUT2D eigenvalue weighted by Crippen LogP contribution is 2.41. The summed E-state index contributed by atoms with van der Waals surface area (Å²) in [5.41, 5.74) is 7.23. The monoisotopic (exact) mass is 572 g/mol. The topological polar surface area (TPSA) is 123 Å². The van der Waals surface area contributed by atoms with E-state index in [1.807, 2.05) is 4.90 Å². The molecular formula is C26H22F4N7O2S-. The van der Waals surface area contributed by atoms with Gasteiger partial charge in [0, 0.05) is 48.7 Å². The van der Waals surface area contributed by atoms with Crippen molar-refractivity contribution >= 4 is 34.3 Å². The van der Waals surface area contributed by atoms with Crippen molar-refractivity contribution in [3.63, 3.8) is 0 Å². The Morgan fingerprint density at radius 1 is 0.925 bits per heavy atom. The Morgan fingerprint density at radius 3 is 2.25 bits per heavy atom. The van der Waals surface area contributed by atoms with Crippen LogP contribution in [0, 0.1) is 5.82 Å². The zero-order chi connectivity index (χ0) is 28.4. The number of pyridine rings is 1. The first-order chi connectivity index (χ1) is 19.1. The predicted octanol–water partition coefficient (Wildman–Crippen LogP) is 4.48.